The number of hydrogen-bond donors (Lipinski definition) is 2. The van der Waals surface area contributed by atoms with Gasteiger partial charge in [0.25, 0.3) is 12.4 Å². The summed E-state index contributed by atoms with van der Waals surface area (Å²) in [5.74, 6) is 1.10. The third kappa shape index (κ3) is 7.58. The van der Waals surface area contributed by atoms with E-state index in [0.29, 0.717) is 62.8 Å². The van der Waals surface area contributed by atoms with Gasteiger partial charge in [-0.2, -0.15) is 0 Å². The summed E-state index contributed by atoms with van der Waals surface area (Å²) < 4.78 is 17.4. The van der Waals surface area contributed by atoms with Gasteiger partial charge in [-0.05, 0) is 54.8 Å². The molecule has 0 saturated carbocycles. The van der Waals surface area contributed by atoms with Gasteiger partial charge >= 0.3 is 0 Å². The van der Waals surface area contributed by atoms with Gasteiger partial charge in [0, 0.05) is 49.5 Å². The Hall–Kier alpha value is -4.65. The molecule has 3 amide bonds. The summed E-state index contributed by atoms with van der Waals surface area (Å²) in [6.45, 7) is 4.58. The molecule has 3 aliphatic rings. The number of aromatic nitrogens is 1. The molecular weight excluding hydrogens is 612 g/mol. The highest BCUT2D eigenvalue weighted by molar-refractivity contribution is 7.09. The van der Waals surface area contributed by atoms with Crippen molar-refractivity contribution in [3.05, 3.63) is 69.2 Å². The third-order valence-electron chi connectivity index (χ3n) is 8.37. The van der Waals surface area contributed by atoms with Crippen molar-refractivity contribution in [1.82, 2.24) is 20.1 Å². The van der Waals surface area contributed by atoms with Crippen LogP contribution >= 0.6 is 11.3 Å². The lowest BCUT2D eigenvalue weighted by Gasteiger charge is -2.25. The first-order valence-electron chi connectivity index (χ1n) is 15.2. The molecule has 2 N–H and O–H groups in total. The zero-order valence-corrected chi connectivity index (χ0v) is 26.7. The van der Waals surface area contributed by atoms with Crippen LogP contribution in [0.5, 0.6) is 17.2 Å². The maximum atomic E-state index is 13.6. The Morgan fingerprint density at radius 1 is 1.09 bits per heavy atom. The molecule has 1 fully saturated rings. The van der Waals surface area contributed by atoms with Gasteiger partial charge in [0.15, 0.2) is 11.5 Å². The van der Waals surface area contributed by atoms with Gasteiger partial charge in [-0.25, -0.2) is 4.98 Å². The average Bonchev–Trinajstić information content (AvgIpc) is 3.81. The molecule has 0 spiro atoms. The molecule has 0 radical (unpaired) electrons. The largest absolute Gasteiger partial charge is 0.493 e. The first-order valence-corrected chi connectivity index (χ1v) is 16.1. The van der Waals surface area contributed by atoms with E-state index >= 15 is 0 Å². The minimum atomic E-state index is -0.420. The van der Waals surface area contributed by atoms with Crippen molar-refractivity contribution < 1.29 is 38.5 Å². The predicted molar refractivity (Wildman–Crippen MR) is 170 cm³/mol. The number of aryl methyl sites for hydroxylation is 1. The summed E-state index contributed by atoms with van der Waals surface area (Å²) in [5.41, 5.74) is 3.31. The van der Waals surface area contributed by atoms with E-state index < -0.39 is 5.92 Å². The van der Waals surface area contributed by atoms with Crippen LogP contribution in [0.1, 0.15) is 44.5 Å². The van der Waals surface area contributed by atoms with E-state index in [4.69, 9.17) is 24.1 Å². The highest BCUT2D eigenvalue weighted by Crippen LogP contribution is 2.38. The van der Waals surface area contributed by atoms with E-state index in [1.165, 1.54) is 11.3 Å². The zero-order chi connectivity index (χ0) is 32.6. The van der Waals surface area contributed by atoms with E-state index in [-0.39, 0.29) is 43.1 Å². The van der Waals surface area contributed by atoms with Crippen LogP contribution in [0, 0.1) is 12.8 Å². The molecule has 13 heteroatoms. The number of methoxy groups -OCH3 is 1. The van der Waals surface area contributed by atoms with E-state index in [0.717, 1.165) is 34.0 Å². The van der Waals surface area contributed by atoms with E-state index in [1.807, 2.05) is 42.6 Å². The number of carbonyl (C=O) groups is 4. The first kappa shape index (κ1) is 32.7. The van der Waals surface area contributed by atoms with Crippen molar-refractivity contribution >= 4 is 35.5 Å². The van der Waals surface area contributed by atoms with Crippen LogP contribution in [0.4, 0.5) is 0 Å². The van der Waals surface area contributed by atoms with Crippen LogP contribution in [0.25, 0.3) is 0 Å². The van der Waals surface area contributed by atoms with E-state index in [2.05, 4.69) is 10.3 Å². The van der Waals surface area contributed by atoms with Crippen LogP contribution in [0.2, 0.25) is 0 Å². The molecule has 46 heavy (non-hydrogen) atoms. The summed E-state index contributed by atoms with van der Waals surface area (Å²) in [5, 5.41) is 12.8. The monoisotopic (exact) mass is 650 g/mol. The van der Waals surface area contributed by atoms with Gasteiger partial charge in [-0.3, -0.25) is 19.2 Å². The number of amides is 3. The van der Waals surface area contributed by atoms with Crippen molar-refractivity contribution in [2.75, 3.05) is 53.0 Å². The molecule has 0 aliphatic carbocycles. The maximum Gasteiger partial charge on any atom is 0.290 e. The first-order chi connectivity index (χ1) is 22.3. The average molecular weight is 651 g/mol. The van der Waals surface area contributed by atoms with Crippen molar-refractivity contribution in [3.63, 3.8) is 0 Å². The number of carbonyl (C=O) groups excluding carboxylic acids is 3. The zero-order valence-electron chi connectivity index (χ0n) is 25.9. The van der Waals surface area contributed by atoms with E-state index in [9.17, 15) is 14.4 Å². The second kappa shape index (κ2) is 15.1. The predicted octanol–water partition coefficient (Wildman–Crippen LogP) is 2.92. The number of carboxylic acid groups (broad SMARTS) is 1. The Labute approximate surface area is 271 Å². The Morgan fingerprint density at radius 3 is 2.63 bits per heavy atom. The van der Waals surface area contributed by atoms with Crippen LogP contribution in [0.15, 0.2) is 41.8 Å². The summed E-state index contributed by atoms with van der Waals surface area (Å²) in [6, 6.07) is 11.2. The van der Waals surface area contributed by atoms with Gasteiger partial charge in [0.2, 0.25) is 11.8 Å². The maximum absolute atomic E-state index is 13.6. The lowest BCUT2D eigenvalue weighted by Crippen LogP contribution is -2.39. The Bertz CT molecular complexity index is 1580. The van der Waals surface area contributed by atoms with Crippen molar-refractivity contribution in [3.8, 4) is 17.2 Å². The topological polar surface area (TPSA) is 148 Å². The molecule has 3 aliphatic heterocycles. The van der Waals surface area contributed by atoms with Crippen LogP contribution in [-0.2, 0) is 27.2 Å². The van der Waals surface area contributed by atoms with Gasteiger partial charge in [0.05, 0.1) is 43.3 Å². The molecule has 3 aromatic rings. The third-order valence-corrected chi connectivity index (χ3v) is 9.19. The fourth-order valence-electron chi connectivity index (χ4n) is 6.10. The Balaban J connectivity index is 0.00000134. The van der Waals surface area contributed by atoms with Gasteiger partial charge in [-0.15, -0.1) is 11.3 Å². The number of nitrogens with one attached hydrogen (secondary N) is 1. The molecule has 0 unspecified atom stereocenters. The highest BCUT2D eigenvalue weighted by atomic mass is 32.1. The minimum absolute atomic E-state index is 0.0410. The molecule has 4 heterocycles. The van der Waals surface area contributed by atoms with Crippen molar-refractivity contribution in [1.29, 1.82) is 0 Å². The molecule has 12 nitrogen and oxygen atoms in total. The molecule has 2 atom stereocenters. The number of thiazole rings is 1. The number of fused-ring (bicyclic) bond motifs is 5. The summed E-state index contributed by atoms with van der Waals surface area (Å²) >= 11 is 1.52. The Morgan fingerprint density at radius 2 is 1.87 bits per heavy atom. The second-order valence-corrected chi connectivity index (χ2v) is 12.3. The number of benzene rings is 2. The smallest absolute Gasteiger partial charge is 0.290 e. The number of rotatable bonds is 4. The van der Waals surface area contributed by atoms with Gasteiger partial charge in [-0.1, -0.05) is 6.07 Å². The molecule has 1 aromatic heterocycles. The fourth-order valence-corrected chi connectivity index (χ4v) is 6.71. The Kier molecular flexibility index (Phi) is 10.7. The number of hydrogen-bond acceptors (Lipinski definition) is 9. The normalized spacial score (nSPS) is 19.2. The molecule has 1 saturated heterocycles. The minimum Gasteiger partial charge on any atom is -0.493 e. The quantitative estimate of drug-likeness (QED) is 0.407. The molecular formula is C33H38N4O8S. The second-order valence-electron chi connectivity index (χ2n) is 11.3. The van der Waals surface area contributed by atoms with Crippen LogP contribution in [0.3, 0.4) is 0 Å². The SMILES string of the molecule is COc1ccc2cc1OCCN(C(=O)c1ccc3c(c1)CCO3)CCCNC(=O)[C@H]1CN(C(=O)Cc3csc(C)n3)C[C@H]21.O=CO. The number of nitrogens with zero attached hydrogens (tertiary/aromatic N) is 3. The molecule has 244 valence electrons. The van der Waals surface area contributed by atoms with E-state index in [1.54, 1.807) is 23.0 Å². The van der Waals surface area contributed by atoms with Crippen LogP contribution < -0.4 is 19.5 Å². The van der Waals surface area contributed by atoms with Crippen molar-refractivity contribution in [2.45, 2.75) is 32.1 Å². The molecule has 6 rings (SSSR count). The number of likely N-dealkylation sites (tertiary alicyclic amines) is 1. The molecule has 2 bridgehead atoms. The standard InChI is InChI=1S/C32H36N4O6S.CH2O2/c1-20-34-24(19-43-20)16-30(37)36-17-25-21-4-7-28(40-2)29(15-21)42-13-11-35(10-3-9-33-31(38)26(25)18-36)32(39)23-5-6-27-22(14-23)8-12-41-27;2-1-3/h4-7,14-15,19,25-26H,3,8-13,16-18H2,1-2H3,(H,33,38);1H,(H,2,3)/t25-,26+;/m1./s1. The summed E-state index contributed by atoms with van der Waals surface area (Å²) in [4.78, 5) is 56.7. The lowest BCUT2D eigenvalue weighted by atomic mass is 9.88. The summed E-state index contributed by atoms with van der Waals surface area (Å²) in [6.07, 6.45) is 1.59. The fraction of sp³-hybridized carbons (Fsp3) is 0.424. The van der Waals surface area contributed by atoms with Gasteiger partial charge in [0.1, 0.15) is 12.4 Å². The lowest BCUT2D eigenvalue weighted by molar-refractivity contribution is -0.130. The summed E-state index contributed by atoms with van der Waals surface area (Å²) in [7, 11) is 1.58. The highest BCUT2D eigenvalue weighted by Gasteiger charge is 2.40. The van der Waals surface area contributed by atoms with Gasteiger partial charge < -0.3 is 34.4 Å². The van der Waals surface area contributed by atoms with Crippen molar-refractivity contribution in [2.24, 2.45) is 5.92 Å². The van der Waals surface area contributed by atoms with Crippen LogP contribution in [-0.4, -0.2) is 97.1 Å². The number of ether oxygens (including phenoxy) is 3. The molecule has 2 aromatic carbocycles.